The van der Waals surface area contributed by atoms with Gasteiger partial charge in [0.1, 0.15) is 12.4 Å². The van der Waals surface area contributed by atoms with Crippen molar-refractivity contribution in [3.8, 4) is 5.75 Å². The van der Waals surface area contributed by atoms with Gasteiger partial charge in [0, 0.05) is 13.2 Å². The summed E-state index contributed by atoms with van der Waals surface area (Å²) in [5, 5.41) is 8.87. The molecule has 0 unspecified atom stereocenters. The number of aliphatic hydroxyl groups excluding tert-OH is 1. The standard InChI is InChI=1S/C12H17NO2/c13-8-3-4-10-15-12-6-2-1-5-11(12)7-9-14/h1-6,14H,7-10,13H2/b4-3+. The highest BCUT2D eigenvalue weighted by atomic mass is 16.5. The predicted molar refractivity (Wildman–Crippen MR) is 60.9 cm³/mol. The maximum absolute atomic E-state index is 8.87. The van der Waals surface area contributed by atoms with Crippen LogP contribution < -0.4 is 10.5 Å². The minimum Gasteiger partial charge on any atom is -0.489 e. The first-order chi connectivity index (χ1) is 7.38. The molecular formula is C12H17NO2. The summed E-state index contributed by atoms with van der Waals surface area (Å²) in [6.45, 7) is 1.18. The van der Waals surface area contributed by atoms with Crippen LogP contribution in [0.25, 0.3) is 0 Å². The number of hydrogen-bond donors (Lipinski definition) is 2. The average Bonchev–Trinajstić information content (AvgIpc) is 2.27. The fourth-order valence-corrected chi connectivity index (χ4v) is 1.27. The second-order valence-corrected chi connectivity index (χ2v) is 3.10. The number of ether oxygens (including phenoxy) is 1. The minimum absolute atomic E-state index is 0.138. The van der Waals surface area contributed by atoms with Crippen LogP contribution in [0.1, 0.15) is 5.56 Å². The highest BCUT2D eigenvalue weighted by Crippen LogP contribution is 2.18. The Kier molecular flexibility index (Phi) is 5.51. The number of rotatable bonds is 6. The van der Waals surface area contributed by atoms with E-state index in [2.05, 4.69) is 0 Å². The van der Waals surface area contributed by atoms with E-state index in [0.29, 0.717) is 19.6 Å². The van der Waals surface area contributed by atoms with Crippen molar-refractivity contribution in [1.29, 1.82) is 0 Å². The van der Waals surface area contributed by atoms with Crippen LogP contribution in [0.4, 0.5) is 0 Å². The van der Waals surface area contributed by atoms with Crippen molar-refractivity contribution in [3.05, 3.63) is 42.0 Å². The molecule has 1 aromatic rings. The smallest absolute Gasteiger partial charge is 0.123 e. The Hall–Kier alpha value is -1.32. The lowest BCUT2D eigenvalue weighted by Gasteiger charge is -2.08. The molecule has 0 aliphatic heterocycles. The Balaban J connectivity index is 2.55. The van der Waals surface area contributed by atoms with Crippen LogP contribution in [0.5, 0.6) is 5.75 Å². The Morgan fingerprint density at radius 3 is 2.80 bits per heavy atom. The predicted octanol–water partition coefficient (Wildman–Crippen LogP) is 1.12. The van der Waals surface area contributed by atoms with E-state index in [4.69, 9.17) is 15.6 Å². The SMILES string of the molecule is NC/C=C/COc1ccccc1CCO. The molecule has 3 N–H and O–H groups in total. The molecule has 1 rings (SSSR count). The van der Waals surface area contributed by atoms with Crippen molar-refractivity contribution in [2.45, 2.75) is 6.42 Å². The summed E-state index contributed by atoms with van der Waals surface area (Å²) >= 11 is 0. The van der Waals surface area contributed by atoms with Crippen LogP contribution in [0.2, 0.25) is 0 Å². The molecule has 0 spiro atoms. The Labute approximate surface area is 90.2 Å². The molecule has 0 aliphatic rings. The van der Waals surface area contributed by atoms with E-state index < -0.39 is 0 Å². The van der Waals surface area contributed by atoms with E-state index in [1.165, 1.54) is 0 Å². The van der Waals surface area contributed by atoms with Crippen LogP contribution in [0.3, 0.4) is 0 Å². The molecule has 0 aliphatic carbocycles. The first kappa shape index (κ1) is 11.8. The molecule has 0 bridgehead atoms. The molecule has 0 atom stereocenters. The summed E-state index contributed by atoms with van der Waals surface area (Å²) in [5.41, 5.74) is 6.34. The van der Waals surface area contributed by atoms with Crippen LogP contribution >= 0.6 is 0 Å². The Bertz CT molecular complexity index is 310. The molecule has 3 nitrogen and oxygen atoms in total. The largest absolute Gasteiger partial charge is 0.489 e. The number of nitrogens with two attached hydrogens (primary N) is 1. The van der Waals surface area contributed by atoms with Crippen molar-refractivity contribution in [2.24, 2.45) is 5.73 Å². The summed E-state index contributed by atoms with van der Waals surface area (Å²) in [4.78, 5) is 0. The zero-order valence-corrected chi connectivity index (χ0v) is 8.73. The van der Waals surface area contributed by atoms with Crippen molar-refractivity contribution in [1.82, 2.24) is 0 Å². The maximum Gasteiger partial charge on any atom is 0.123 e. The fraction of sp³-hybridized carbons (Fsp3) is 0.333. The monoisotopic (exact) mass is 207 g/mol. The summed E-state index contributed by atoms with van der Waals surface area (Å²) in [7, 11) is 0. The normalized spacial score (nSPS) is 10.8. The van der Waals surface area contributed by atoms with Gasteiger partial charge in [0.25, 0.3) is 0 Å². The molecule has 82 valence electrons. The van der Waals surface area contributed by atoms with Crippen molar-refractivity contribution in [2.75, 3.05) is 19.8 Å². The summed E-state index contributed by atoms with van der Waals surface area (Å²) in [6, 6.07) is 7.72. The second kappa shape index (κ2) is 7.04. The third-order valence-corrected chi connectivity index (χ3v) is 1.99. The average molecular weight is 207 g/mol. The van der Waals surface area contributed by atoms with Crippen LogP contribution in [0, 0.1) is 0 Å². The van der Waals surface area contributed by atoms with Gasteiger partial charge in [-0.1, -0.05) is 30.4 Å². The number of hydrogen-bond acceptors (Lipinski definition) is 3. The van der Waals surface area contributed by atoms with E-state index in [1.54, 1.807) is 0 Å². The zero-order valence-electron chi connectivity index (χ0n) is 8.73. The van der Waals surface area contributed by atoms with Gasteiger partial charge in [0.2, 0.25) is 0 Å². The number of para-hydroxylation sites is 1. The van der Waals surface area contributed by atoms with Crippen LogP contribution in [0.15, 0.2) is 36.4 Å². The van der Waals surface area contributed by atoms with Crippen molar-refractivity contribution < 1.29 is 9.84 Å². The minimum atomic E-state index is 0.138. The molecule has 0 radical (unpaired) electrons. The van der Waals surface area contributed by atoms with Crippen molar-refractivity contribution in [3.63, 3.8) is 0 Å². The lowest BCUT2D eigenvalue weighted by Crippen LogP contribution is -2.00. The van der Waals surface area contributed by atoms with E-state index in [1.807, 2.05) is 36.4 Å². The number of benzene rings is 1. The van der Waals surface area contributed by atoms with Gasteiger partial charge in [-0.3, -0.25) is 0 Å². The van der Waals surface area contributed by atoms with E-state index in [0.717, 1.165) is 11.3 Å². The van der Waals surface area contributed by atoms with Gasteiger partial charge in [-0.2, -0.15) is 0 Å². The Morgan fingerprint density at radius 2 is 2.07 bits per heavy atom. The first-order valence-corrected chi connectivity index (χ1v) is 5.05. The van der Waals surface area contributed by atoms with Gasteiger partial charge in [0.15, 0.2) is 0 Å². The molecule has 0 saturated heterocycles. The molecule has 15 heavy (non-hydrogen) atoms. The second-order valence-electron chi connectivity index (χ2n) is 3.10. The summed E-state index contributed by atoms with van der Waals surface area (Å²) in [5.74, 6) is 0.827. The zero-order chi connectivity index (χ0) is 10.9. The van der Waals surface area contributed by atoms with Gasteiger partial charge in [-0.25, -0.2) is 0 Å². The van der Waals surface area contributed by atoms with E-state index in [9.17, 15) is 0 Å². The highest BCUT2D eigenvalue weighted by molar-refractivity contribution is 5.33. The van der Waals surface area contributed by atoms with E-state index >= 15 is 0 Å². The lowest BCUT2D eigenvalue weighted by molar-refractivity contribution is 0.294. The third-order valence-electron chi connectivity index (χ3n) is 1.99. The van der Waals surface area contributed by atoms with Gasteiger partial charge < -0.3 is 15.6 Å². The molecular weight excluding hydrogens is 190 g/mol. The van der Waals surface area contributed by atoms with Gasteiger partial charge in [0.05, 0.1) is 0 Å². The fourth-order valence-electron chi connectivity index (χ4n) is 1.27. The van der Waals surface area contributed by atoms with Crippen LogP contribution in [-0.2, 0) is 6.42 Å². The topological polar surface area (TPSA) is 55.5 Å². The van der Waals surface area contributed by atoms with Gasteiger partial charge in [-0.05, 0) is 18.1 Å². The maximum atomic E-state index is 8.87. The van der Waals surface area contributed by atoms with E-state index in [-0.39, 0.29) is 6.61 Å². The lowest BCUT2D eigenvalue weighted by atomic mass is 10.1. The molecule has 3 heteroatoms. The molecule has 0 amide bonds. The molecule has 0 heterocycles. The number of aliphatic hydroxyl groups is 1. The molecule has 0 fully saturated rings. The van der Waals surface area contributed by atoms with Crippen molar-refractivity contribution >= 4 is 0 Å². The van der Waals surface area contributed by atoms with Gasteiger partial charge in [-0.15, -0.1) is 0 Å². The van der Waals surface area contributed by atoms with Gasteiger partial charge >= 0.3 is 0 Å². The molecule has 0 aromatic heterocycles. The quantitative estimate of drug-likeness (QED) is 0.687. The molecule has 0 saturated carbocycles. The summed E-state index contributed by atoms with van der Waals surface area (Å²) in [6.07, 6.45) is 4.36. The Morgan fingerprint density at radius 1 is 1.27 bits per heavy atom. The molecule has 1 aromatic carbocycles. The third kappa shape index (κ3) is 4.14. The summed E-state index contributed by atoms with van der Waals surface area (Å²) < 4.78 is 5.54. The highest BCUT2D eigenvalue weighted by Gasteiger charge is 2.00. The first-order valence-electron chi connectivity index (χ1n) is 5.05. The van der Waals surface area contributed by atoms with Crippen LogP contribution in [-0.4, -0.2) is 24.9 Å².